The lowest BCUT2D eigenvalue weighted by Crippen LogP contribution is -2.26. The Kier molecular flexibility index (Phi) is 5.34. The highest BCUT2D eigenvalue weighted by molar-refractivity contribution is 5.55. The average Bonchev–Trinajstić information content (AvgIpc) is 2.97. The van der Waals surface area contributed by atoms with Gasteiger partial charge in [0.15, 0.2) is 0 Å². The second-order valence-electron chi connectivity index (χ2n) is 5.97. The molecule has 2 rings (SSSR count). The largest absolute Gasteiger partial charge is 0.311 e. The zero-order chi connectivity index (χ0) is 15.2. The zero-order valence-corrected chi connectivity index (χ0v) is 13.4. The molecule has 3 nitrogen and oxygen atoms in total. The number of nitrogens with zero attached hydrogens (tertiary/aromatic N) is 2. The molecule has 1 aromatic heterocycles. The maximum atomic E-state index is 4.08. The van der Waals surface area contributed by atoms with Gasteiger partial charge in [-0.25, -0.2) is 4.98 Å². The molecular weight excluding hydrogens is 258 g/mol. The van der Waals surface area contributed by atoms with Gasteiger partial charge in [-0.15, -0.1) is 0 Å². The van der Waals surface area contributed by atoms with E-state index in [1.54, 1.807) is 6.20 Å². The topological polar surface area (TPSA) is 29.9 Å². The van der Waals surface area contributed by atoms with Crippen molar-refractivity contribution < 1.29 is 0 Å². The third-order valence-corrected chi connectivity index (χ3v) is 3.50. The number of hydrogen-bond acceptors (Lipinski definition) is 2. The minimum absolute atomic E-state index is 0.510. The van der Waals surface area contributed by atoms with Crippen molar-refractivity contribution in [3.8, 4) is 5.69 Å². The molecule has 0 bridgehead atoms. The molecule has 1 heterocycles. The molecule has 2 aromatic rings. The summed E-state index contributed by atoms with van der Waals surface area (Å²) in [4.78, 5) is 4.08. The van der Waals surface area contributed by atoms with Crippen molar-refractivity contribution in [2.75, 3.05) is 6.54 Å². The lowest BCUT2D eigenvalue weighted by molar-refractivity contribution is 0.593. The first-order valence-electron chi connectivity index (χ1n) is 7.58. The van der Waals surface area contributed by atoms with Crippen molar-refractivity contribution >= 4 is 6.08 Å². The highest BCUT2D eigenvalue weighted by Gasteiger charge is 2.05. The van der Waals surface area contributed by atoms with E-state index in [4.69, 9.17) is 0 Å². The van der Waals surface area contributed by atoms with E-state index in [9.17, 15) is 0 Å². The summed E-state index contributed by atoms with van der Waals surface area (Å²) in [6.45, 7) is 9.79. The fourth-order valence-corrected chi connectivity index (χ4v) is 2.11. The fraction of sp³-hybridized carbons (Fsp3) is 0.389. The summed E-state index contributed by atoms with van der Waals surface area (Å²) in [5.41, 5.74) is 3.81. The Balaban J connectivity index is 2.14. The van der Waals surface area contributed by atoms with E-state index in [2.05, 4.69) is 68.3 Å². The van der Waals surface area contributed by atoms with Crippen molar-refractivity contribution in [3.05, 3.63) is 54.1 Å². The van der Waals surface area contributed by atoms with Crippen molar-refractivity contribution in [1.82, 2.24) is 14.9 Å². The van der Waals surface area contributed by atoms with Crippen LogP contribution in [0.1, 0.15) is 33.3 Å². The van der Waals surface area contributed by atoms with Crippen LogP contribution >= 0.6 is 0 Å². The predicted molar refractivity (Wildman–Crippen MR) is 89.5 cm³/mol. The molecule has 0 aliphatic carbocycles. The fourth-order valence-electron chi connectivity index (χ4n) is 2.11. The van der Waals surface area contributed by atoms with Gasteiger partial charge in [-0.3, -0.25) is 0 Å². The van der Waals surface area contributed by atoms with Gasteiger partial charge in [-0.05, 0) is 23.6 Å². The van der Waals surface area contributed by atoms with Crippen LogP contribution in [0.3, 0.4) is 0 Å². The Morgan fingerprint density at radius 1 is 1.19 bits per heavy atom. The van der Waals surface area contributed by atoms with Crippen LogP contribution in [-0.2, 0) is 0 Å². The summed E-state index contributed by atoms with van der Waals surface area (Å²) in [7, 11) is 0. The molecule has 0 atom stereocenters. The Bertz CT molecular complexity index is 563. The number of imidazole rings is 1. The summed E-state index contributed by atoms with van der Waals surface area (Å²) in [5.74, 6) is 0.546. The van der Waals surface area contributed by atoms with Crippen LogP contribution in [0.4, 0.5) is 0 Å². The van der Waals surface area contributed by atoms with E-state index in [0.717, 1.165) is 12.2 Å². The standard InChI is InChI=1S/C18H25N3/c1-14(2)17(12-20-15(3)4)11-16-5-7-18(8-6-16)21-10-9-19-13-21/h5-11,13-15,20H,12H2,1-4H3. The number of hydrogen-bond donors (Lipinski definition) is 1. The molecule has 112 valence electrons. The Morgan fingerprint density at radius 2 is 1.90 bits per heavy atom. The number of benzene rings is 1. The van der Waals surface area contributed by atoms with Gasteiger partial charge in [-0.1, -0.05) is 51.5 Å². The summed E-state index contributed by atoms with van der Waals surface area (Å²) >= 11 is 0. The van der Waals surface area contributed by atoms with Gasteiger partial charge in [0, 0.05) is 30.7 Å². The molecule has 0 aliphatic heterocycles. The lowest BCUT2D eigenvalue weighted by atomic mass is 10.00. The van der Waals surface area contributed by atoms with Crippen LogP contribution in [0.25, 0.3) is 11.8 Å². The van der Waals surface area contributed by atoms with Crippen molar-refractivity contribution in [1.29, 1.82) is 0 Å². The Labute approximate surface area is 127 Å². The van der Waals surface area contributed by atoms with Crippen LogP contribution in [0, 0.1) is 5.92 Å². The number of rotatable bonds is 6. The molecule has 0 unspecified atom stereocenters. The van der Waals surface area contributed by atoms with Crippen LogP contribution in [-0.4, -0.2) is 22.1 Å². The minimum Gasteiger partial charge on any atom is -0.311 e. The van der Waals surface area contributed by atoms with E-state index in [1.165, 1.54) is 11.1 Å². The Hall–Kier alpha value is -1.87. The van der Waals surface area contributed by atoms with E-state index in [0.29, 0.717) is 12.0 Å². The smallest absolute Gasteiger partial charge is 0.0991 e. The maximum absolute atomic E-state index is 4.08. The monoisotopic (exact) mass is 283 g/mol. The highest BCUT2D eigenvalue weighted by Crippen LogP contribution is 2.16. The molecule has 0 aliphatic rings. The van der Waals surface area contributed by atoms with Crippen LogP contribution < -0.4 is 5.32 Å². The molecule has 3 heteroatoms. The molecule has 0 amide bonds. The summed E-state index contributed by atoms with van der Waals surface area (Å²) in [5, 5.41) is 3.50. The third kappa shape index (κ3) is 4.57. The Morgan fingerprint density at radius 3 is 2.43 bits per heavy atom. The van der Waals surface area contributed by atoms with E-state index in [-0.39, 0.29) is 0 Å². The molecule has 0 saturated carbocycles. The van der Waals surface area contributed by atoms with E-state index >= 15 is 0 Å². The predicted octanol–water partition coefficient (Wildman–Crippen LogP) is 3.91. The quantitative estimate of drug-likeness (QED) is 0.871. The van der Waals surface area contributed by atoms with Crippen LogP contribution in [0.5, 0.6) is 0 Å². The minimum atomic E-state index is 0.510. The first-order chi connectivity index (χ1) is 10.1. The average molecular weight is 283 g/mol. The van der Waals surface area contributed by atoms with E-state index < -0.39 is 0 Å². The van der Waals surface area contributed by atoms with Gasteiger partial charge >= 0.3 is 0 Å². The van der Waals surface area contributed by atoms with Crippen LogP contribution in [0.15, 0.2) is 48.6 Å². The highest BCUT2D eigenvalue weighted by atomic mass is 15.0. The molecule has 0 fully saturated rings. The normalized spacial score (nSPS) is 12.4. The summed E-state index contributed by atoms with van der Waals surface area (Å²) < 4.78 is 2.01. The number of aromatic nitrogens is 2. The van der Waals surface area contributed by atoms with Crippen molar-refractivity contribution in [2.45, 2.75) is 33.7 Å². The van der Waals surface area contributed by atoms with Gasteiger partial charge in [0.2, 0.25) is 0 Å². The van der Waals surface area contributed by atoms with E-state index in [1.807, 2.05) is 17.1 Å². The SMILES string of the molecule is CC(C)NCC(=Cc1ccc(-n2ccnc2)cc1)C(C)C. The molecule has 0 spiro atoms. The van der Waals surface area contributed by atoms with Gasteiger partial charge in [0.1, 0.15) is 0 Å². The summed E-state index contributed by atoms with van der Waals surface area (Å²) in [6.07, 6.45) is 7.86. The van der Waals surface area contributed by atoms with Gasteiger partial charge in [-0.2, -0.15) is 0 Å². The van der Waals surface area contributed by atoms with Crippen LogP contribution in [0.2, 0.25) is 0 Å². The molecule has 21 heavy (non-hydrogen) atoms. The van der Waals surface area contributed by atoms with Crippen molar-refractivity contribution in [3.63, 3.8) is 0 Å². The second-order valence-corrected chi connectivity index (χ2v) is 5.97. The van der Waals surface area contributed by atoms with Gasteiger partial charge in [0.25, 0.3) is 0 Å². The van der Waals surface area contributed by atoms with Gasteiger partial charge in [0.05, 0.1) is 6.33 Å². The molecular formula is C18H25N3. The second kappa shape index (κ2) is 7.23. The van der Waals surface area contributed by atoms with Crippen molar-refractivity contribution in [2.24, 2.45) is 5.92 Å². The van der Waals surface area contributed by atoms with Gasteiger partial charge < -0.3 is 9.88 Å². The lowest BCUT2D eigenvalue weighted by Gasteiger charge is -2.15. The molecule has 0 saturated heterocycles. The third-order valence-electron chi connectivity index (χ3n) is 3.50. The first-order valence-corrected chi connectivity index (χ1v) is 7.58. The number of nitrogens with one attached hydrogen (secondary N) is 1. The molecule has 1 N–H and O–H groups in total. The first kappa shape index (κ1) is 15.5. The summed E-state index contributed by atoms with van der Waals surface area (Å²) in [6, 6.07) is 9.08. The zero-order valence-electron chi connectivity index (χ0n) is 13.4. The maximum Gasteiger partial charge on any atom is 0.0991 e. The molecule has 1 aromatic carbocycles. The molecule has 0 radical (unpaired) electrons.